The Balaban J connectivity index is 1.61. The first-order valence-electron chi connectivity index (χ1n) is 9.99. The summed E-state index contributed by atoms with van der Waals surface area (Å²) in [5, 5.41) is 4.59. The van der Waals surface area contributed by atoms with Crippen LogP contribution in [-0.2, 0) is 13.2 Å². The molecule has 2 aromatic carbocycles. The largest absolute Gasteiger partial charge is 0.456 e. The molecule has 1 unspecified atom stereocenters. The van der Waals surface area contributed by atoms with Crippen molar-refractivity contribution in [1.82, 2.24) is 14.3 Å². The van der Waals surface area contributed by atoms with E-state index in [0.29, 0.717) is 11.1 Å². The van der Waals surface area contributed by atoms with Crippen LogP contribution in [0, 0.1) is 0 Å². The molecule has 0 radical (unpaired) electrons. The Morgan fingerprint density at radius 2 is 1.76 bits per heavy atom. The van der Waals surface area contributed by atoms with Gasteiger partial charge in [-0.25, -0.2) is 0 Å². The number of aromatic nitrogens is 3. The smallest absolute Gasteiger partial charge is 0.416 e. The normalized spacial score (nSPS) is 12.5. The maximum Gasteiger partial charge on any atom is 0.416 e. The summed E-state index contributed by atoms with van der Waals surface area (Å²) in [6.07, 6.45) is -0.936. The van der Waals surface area contributed by atoms with Gasteiger partial charge in [0, 0.05) is 31.1 Å². The van der Waals surface area contributed by atoms with Crippen molar-refractivity contribution in [3.63, 3.8) is 0 Å². The molecule has 33 heavy (non-hydrogen) atoms. The van der Waals surface area contributed by atoms with E-state index in [1.807, 2.05) is 26.2 Å². The van der Waals surface area contributed by atoms with Crippen LogP contribution < -0.4 is 10.3 Å². The number of halogens is 4. The number of alkyl halides is 3. The van der Waals surface area contributed by atoms with Crippen LogP contribution in [0.4, 0.5) is 13.2 Å². The van der Waals surface area contributed by atoms with Crippen molar-refractivity contribution < 1.29 is 17.9 Å². The van der Waals surface area contributed by atoms with Gasteiger partial charge in [0.1, 0.15) is 11.5 Å². The average Bonchev–Trinajstić information content (AvgIpc) is 3.21. The van der Waals surface area contributed by atoms with Crippen molar-refractivity contribution in [1.29, 1.82) is 0 Å². The second kappa shape index (κ2) is 8.78. The Hall–Kier alpha value is -3.52. The minimum atomic E-state index is -4.43. The van der Waals surface area contributed by atoms with Crippen LogP contribution in [-0.4, -0.2) is 14.3 Å². The van der Waals surface area contributed by atoms with Crippen LogP contribution in [0.3, 0.4) is 0 Å². The highest BCUT2D eigenvalue weighted by Gasteiger charge is 2.30. The van der Waals surface area contributed by atoms with Crippen molar-refractivity contribution in [2.75, 3.05) is 0 Å². The molecule has 2 heterocycles. The highest BCUT2D eigenvalue weighted by atomic mass is 35.5. The first kappa shape index (κ1) is 22.7. The molecule has 0 aliphatic heterocycles. The molecule has 4 aromatic rings. The van der Waals surface area contributed by atoms with E-state index in [1.54, 1.807) is 39.7 Å². The number of rotatable bonds is 5. The van der Waals surface area contributed by atoms with E-state index >= 15 is 0 Å². The zero-order valence-electron chi connectivity index (χ0n) is 17.7. The summed E-state index contributed by atoms with van der Waals surface area (Å²) in [6.45, 7) is 1.88. The summed E-state index contributed by atoms with van der Waals surface area (Å²) in [4.78, 5) is 12.8. The molecule has 170 valence electrons. The molecule has 5 nitrogen and oxygen atoms in total. The molecule has 0 aliphatic rings. The topological polar surface area (TPSA) is 49.0 Å². The van der Waals surface area contributed by atoms with Crippen LogP contribution in [0.25, 0.3) is 11.1 Å². The number of pyridine rings is 1. The molecule has 2 aromatic heterocycles. The van der Waals surface area contributed by atoms with E-state index in [4.69, 9.17) is 16.3 Å². The lowest BCUT2D eigenvalue weighted by Crippen LogP contribution is -2.23. The monoisotopic (exact) mass is 473 g/mol. The third-order valence-corrected chi connectivity index (χ3v) is 5.60. The molecule has 0 spiro atoms. The zero-order valence-corrected chi connectivity index (χ0v) is 18.4. The highest BCUT2D eigenvalue weighted by Crippen LogP contribution is 2.38. The van der Waals surface area contributed by atoms with E-state index in [2.05, 4.69) is 5.10 Å². The van der Waals surface area contributed by atoms with Crippen molar-refractivity contribution in [2.45, 2.75) is 19.1 Å². The van der Waals surface area contributed by atoms with Gasteiger partial charge in [0.05, 0.1) is 22.3 Å². The molecular weight excluding hydrogens is 455 g/mol. The third-order valence-electron chi connectivity index (χ3n) is 5.21. The SMILES string of the molecule is CC(c1ccn(C)n1)n1ccc(-c2cccc(Oc3ccc(C(F)(F)F)cc3)c2Cl)cc1=O. The fraction of sp³-hybridized carbons (Fsp3) is 0.167. The first-order valence-corrected chi connectivity index (χ1v) is 10.4. The van der Waals surface area contributed by atoms with Crippen LogP contribution in [0.15, 0.2) is 77.9 Å². The van der Waals surface area contributed by atoms with Gasteiger partial charge < -0.3 is 9.30 Å². The van der Waals surface area contributed by atoms with E-state index < -0.39 is 11.7 Å². The van der Waals surface area contributed by atoms with Crippen molar-refractivity contribution in [3.05, 3.63) is 99.7 Å². The summed E-state index contributed by atoms with van der Waals surface area (Å²) in [6, 6.07) is 14.2. The van der Waals surface area contributed by atoms with Crippen LogP contribution in [0.2, 0.25) is 5.02 Å². The molecule has 0 N–H and O–H groups in total. The molecule has 1 atom stereocenters. The quantitative estimate of drug-likeness (QED) is 0.340. The molecule has 0 saturated heterocycles. The van der Waals surface area contributed by atoms with Gasteiger partial charge in [0.15, 0.2) is 0 Å². The highest BCUT2D eigenvalue weighted by molar-refractivity contribution is 6.34. The van der Waals surface area contributed by atoms with Gasteiger partial charge in [-0.1, -0.05) is 23.7 Å². The maximum atomic E-state index is 12.8. The second-order valence-electron chi connectivity index (χ2n) is 7.49. The molecule has 0 bridgehead atoms. The number of hydrogen-bond donors (Lipinski definition) is 0. The molecule has 4 rings (SSSR count). The maximum absolute atomic E-state index is 12.8. The van der Waals surface area contributed by atoms with Gasteiger partial charge >= 0.3 is 6.18 Å². The van der Waals surface area contributed by atoms with Gasteiger partial charge in [-0.05, 0) is 55.0 Å². The molecule has 0 aliphatic carbocycles. The lowest BCUT2D eigenvalue weighted by Gasteiger charge is -2.15. The van der Waals surface area contributed by atoms with E-state index in [-0.39, 0.29) is 28.1 Å². The first-order chi connectivity index (χ1) is 15.6. The van der Waals surface area contributed by atoms with Crippen molar-refractivity contribution in [2.24, 2.45) is 7.05 Å². The molecule has 0 amide bonds. The van der Waals surface area contributed by atoms with Gasteiger partial charge in [0.2, 0.25) is 0 Å². The minimum Gasteiger partial charge on any atom is -0.456 e. The number of nitrogens with zero attached hydrogens (tertiary/aromatic N) is 3. The summed E-state index contributed by atoms with van der Waals surface area (Å²) in [7, 11) is 1.81. The van der Waals surface area contributed by atoms with Crippen LogP contribution in [0.5, 0.6) is 11.5 Å². The zero-order chi connectivity index (χ0) is 23.8. The molecule has 9 heteroatoms. The predicted molar refractivity (Wildman–Crippen MR) is 120 cm³/mol. The predicted octanol–water partition coefficient (Wildman–Crippen LogP) is 6.32. The van der Waals surface area contributed by atoms with Crippen LogP contribution in [0.1, 0.15) is 24.2 Å². The number of aryl methyl sites for hydroxylation is 1. The Labute approximate surface area is 192 Å². The molecule has 0 fully saturated rings. The van der Waals surface area contributed by atoms with E-state index in [9.17, 15) is 18.0 Å². The molecular formula is C24H19ClF3N3O2. The summed E-state index contributed by atoms with van der Waals surface area (Å²) in [5.74, 6) is 0.474. The number of benzene rings is 2. The second-order valence-corrected chi connectivity index (χ2v) is 7.87. The van der Waals surface area contributed by atoms with Crippen LogP contribution >= 0.6 is 11.6 Å². The van der Waals surface area contributed by atoms with Crippen molar-refractivity contribution >= 4 is 11.6 Å². The summed E-state index contributed by atoms with van der Waals surface area (Å²) < 4.78 is 47.2. The van der Waals surface area contributed by atoms with Crippen molar-refractivity contribution in [3.8, 4) is 22.6 Å². The summed E-state index contributed by atoms with van der Waals surface area (Å²) >= 11 is 6.52. The number of hydrogen-bond acceptors (Lipinski definition) is 3. The molecule has 0 saturated carbocycles. The van der Waals surface area contributed by atoms with Gasteiger partial charge in [-0.2, -0.15) is 18.3 Å². The lowest BCUT2D eigenvalue weighted by atomic mass is 10.1. The van der Waals surface area contributed by atoms with Gasteiger partial charge in [-0.15, -0.1) is 0 Å². The fourth-order valence-corrected chi connectivity index (χ4v) is 3.70. The standard InChI is InChI=1S/C24H19ClF3N3O2/c1-15(20-11-12-30(2)29-20)31-13-10-16(14-22(31)32)19-4-3-5-21(23(19)25)33-18-8-6-17(7-9-18)24(26,27)28/h3-15H,1-2H3. The number of ether oxygens (including phenoxy) is 1. The van der Waals surface area contributed by atoms with Gasteiger partial charge in [0.25, 0.3) is 5.56 Å². The van der Waals surface area contributed by atoms with E-state index in [1.165, 1.54) is 18.2 Å². The lowest BCUT2D eigenvalue weighted by molar-refractivity contribution is -0.137. The van der Waals surface area contributed by atoms with Gasteiger partial charge in [-0.3, -0.25) is 9.48 Å². The third kappa shape index (κ3) is 4.80. The minimum absolute atomic E-state index is 0.210. The Kier molecular flexibility index (Phi) is 6.03. The summed E-state index contributed by atoms with van der Waals surface area (Å²) in [5.41, 5.74) is 0.923. The van der Waals surface area contributed by atoms with E-state index in [0.717, 1.165) is 17.8 Å². The Morgan fingerprint density at radius 1 is 1.03 bits per heavy atom. The Morgan fingerprint density at radius 3 is 2.36 bits per heavy atom. The average molecular weight is 474 g/mol. The fourth-order valence-electron chi connectivity index (χ4n) is 3.43. The Bertz CT molecular complexity index is 1340.